The molecule has 1 aromatic heterocycles. The summed E-state index contributed by atoms with van der Waals surface area (Å²) in [5.41, 5.74) is 21.6. The average Bonchev–Trinajstić information content (AvgIpc) is 4.03. The second-order valence-corrected chi connectivity index (χ2v) is 20.8. The molecule has 0 saturated carbocycles. The number of benzene rings is 10. The van der Waals surface area contributed by atoms with Crippen LogP contribution in [0.5, 0.6) is 0 Å². The third-order valence-corrected chi connectivity index (χ3v) is 15.1. The molecule has 0 fully saturated rings. The summed E-state index contributed by atoms with van der Waals surface area (Å²) >= 11 is 0. The summed E-state index contributed by atoms with van der Waals surface area (Å²) in [6.45, 7) is 8.25. The Hall–Kier alpha value is -9.50. The Morgan fingerprint density at radius 2 is 0.926 bits per heavy atom. The molecule has 81 heavy (non-hydrogen) atoms. The van der Waals surface area contributed by atoms with E-state index in [0.29, 0.717) is 0 Å². The van der Waals surface area contributed by atoms with Gasteiger partial charge in [-0.15, -0.1) is 0 Å². The van der Waals surface area contributed by atoms with Gasteiger partial charge in [0.1, 0.15) is 0 Å². The van der Waals surface area contributed by atoms with Crippen molar-refractivity contribution in [3.05, 3.63) is 302 Å². The first kappa shape index (κ1) is 53.5. The summed E-state index contributed by atoms with van der Waals surface area (Å²) in [6, 6.07) is 84.6. The van der Waals surface area contributed by atoms with E-state index < -0.39 is 0 Å². The summed E-state index contributed by atoms with van der Waals surface area (Å²) in [5.74, 6) is 0. The van der Waals surface area contributed by atoms with Crippen LogP contribution in [0.25, 0.3) is 100 Å². The van der Waals surface area contributed by atoms with Crippen molar-refractivity contribution in [1.82, 2.24) is 4.57 Å². The second kappa shape index (κ2) is 25.5. The van der Waals surface area contributed by atoms with Gasteiger partial charge in [-0.05, 0) is 184 Å². The van der Waals surface area contributed by atoms with Crippen LogP contribution in [0, 0.1) is 0 Å². The molecule has 10 aromatic carbocycles. The molecule has 2 heteroatoms. The highest BCUT2D eigenvalue weighted by Gasteiger charge is 2.25. The third kappa shape index (κ3) is 11.7. The lowest BCUT2D eigenvalue weighted by molar-refractivity contribution is 0.997. The highest BCUT2D eigenvalue weighted by molar-refractivity contribution is 6.11. The van der Waals surface area contributed by atoms with E-state index in [1.807, 2.05) is 26.0 Å². The van der Waals surface area contributed by atoms with Crippen molar-refractivity contribution >= 4 is 61.7 Å². The number of allylic oxidation sites excluding steroid dienone is 9. The Bertz CT molecular complexity index is 4130. The molecule has 0 atom stereocenters. The quantitative estimate of drug-likeness (QED) is 0.0926. The molecule has 11 aromatic rings. The lowest BCUT2D eigenvalue weighted by atomic mass is 9.78. The minimum absolute atomic E-state index is 1.03. The molecule has 1 heterocycles. The van der Waals surface area contributed by atoms with Gasteiger partial charge in [0.15, 0.2) is 0 Å². The molecule has 0 saturated heterocycles. The van der Waals surface area contributed by atoms with Crippen LogP contribution in [0.3, 0.4) is 0 Å². The molecular weight excluding hydrogens is 977 g/mol. The van der Waals surface area contributed by atoms with Crippen molar-refractivity contribution in [1.29, 1.82) is 0 Å². The van der Waals surface area contributed by atoms with Gasteiger partial charge in [0.25, 0.3) is 0 Å². The first-order valence-corrected chi connectivity index (χ1v) is 28.9. The summed E-state index contributed by atoms with van der Waals surface area (Å²) in [5, 5.41) is 4.88. The molecule has 0 bridgehead atoms. The van der Waals surface area contributed by atoms with Gasteiger partial charge < -0.3 is 9.47 Å². The first-order chi connectivity index (χ1) is 40.0. The number of fused-ring (bicyclic) bond motifs is 4. The van der Waals surface area contributed by atoms with Gasteiger partial charge >= 0.3 is 0 Å². The van der Waals surface area contributed by atoms with Crippen LogP contribution in [-0.2, 0) is 0 Å². The molecule has 0 N–H and O–H groups in total. The van der Waals surface area contributed by atoms with Gasteiger partial charge in [0.2, 0.25) is 0 Å². The van der Waals surface area contributed by atoms with Gasteiger partial charge in [-0.1, -0.05) is 245 Å². The highest BCUT2D eigenvalue weighted by atomic mass is 15.1. The summed E-state index contributed by atoms with van der Waals surface area (Å²) in [7, 11) is 0. The van der Waals surface area contributed by atoms with Gasteiger partial charge in [0, 0.05) is 33.5 Å². The maximum atomic E-state index is 2.46. The van der Waals surface area contributed by atoms with Crippen LogP contribution in [0.1, 0.15) is 76.5 Å². The predicted molar refractivity (Wildman–Crippen MR) is 353 cm³/mol. The Balaban J connectivity index is 0.000000937. The number of rotatable bonds is 11. The van der Waals surface area contributed by atoms with Crippen LogP contribution >= 0.6 is 0 Å². The van der Waals surface area contributed by atoms with E-state index in [1.165, 1.54) is 100 Å². The average molecular weight is 1050 g/mol. The van der Waals surface area contributed by atoms with Crippen molar-refractivity contribution in [2.24, 2.45) is 0 Å². The molecule has 0 unspecified atom stereocenters. The van der Waals surface area contributed by atoms with E-state index in [2.05, 4.69) is 302 Å². The van der Waals surface area contributed by atoms with Gasteiger partial charge in [0.05, 0.1) is 11.0 Å². The van der Waals surface area contributed by atoms with E-state index in [4.69, 9.17) is 0 Å². The number of hydrogen-bond acceptors (Lipinski definition) is 1. The number of hydrogen-bond donors (Lipinski definition) is 0. The fraction of sp³-hybridized carbons (Fsp3) is 0.114. The summed E-state index contributed by atoms with van der Waals surface area (Å²) < 4.78 is 2.43. The fourth-order valence-electron chi connectivity index (χ4n) is 11.3. The number of aromatic nitrogens is 1. The van der Waals surface area contributed by atoms with Crippen molar-refractivity contribution in [3.8, 4) is 50.2 Å². The Kier molecular flexibility index (Phi) is 16.9. The zero-order valence-corrected chi connectivity index (χ0v) is 47.1. The fourth-order valence-corrected chi connectivity index (χ4v) is 11.3. The molecular formula is C79H70N2. The van der Waals surface area contributed by atoms with Gasteiger partial charge in [-0.3, -0.25) is 0 Å². The molecule has 0 amide bonds. The molecule has 0 spiro atoms. The monoisotopic (exact) mass is 1050 g/mol. The van der Waals surface area contributed by atoms with Crippen LogP contribution < -0.4 is 4.90 Å². The lowest BCUT2D eigenvalue weighted by Crippen LogP contribution is -2.16. The van der Waals surface area contributed by atoms with Crippen molar-refractivity contribution in [2.75, 3.05) is 4.90 Å². The Morgan fingerprint density at radius 3 is 1.54 bits per heavy atom. The molecule has 396 valence electrons. The van der Waals surface area contributed by atoms with Crippen molar-refractivity contribution in [3.63, 3.8) is 0 Å². The minimum atomic E-state index is 1.03. The van der Waals surface area contributed by atoms with Gasteiger partial charge in [-0.2, -0.15) is 0 Å². The summed E-state index contributed by atoms with van der Waals surface area (Å²) in [4.78, 5) is 2.39. The van der Waals surface area contributed by atoms with Crippen LogP contribution in [0.15, 0.2) is 285 Å². The predicted octanol–water partition coefficient (Wildman–Crippen LogP) is 22.9. The summed E-state index contributed by atoms with van der Waals surface area (Å²) in [6.07, 6.45) is 27.9. The van der Waals surface area contributed by atoms with Crippen molar-refractivity contribution < 1.29 is 0 Å². The van der Waals surface area contributed by atoms with E-state index in [0.717, 1.165) is 53.9 Å². The third-order valence-electron chi connectivity index (χ3n) is 15.1. The Labute approximate surface area is 480 Å². The zero-order valence-electron chi connectivity index (χ0n) is 47.1. The molecule has 13 rings (SSSR count). The molecule has 0 radical (unpaired) electrons. The molecule has 0 aliphatic heterocycles. The van der Waals surface area contributed by atoms with E-state index in [-0.39, 0.29) is 0 Å². The van der Waals surface area contributed by atoms with E-state index in [1.54, 1.807) is 0 Å². The number of nitrogens with zero attached hydrogens (tertiary/aromatic N) is 2. The first-order valence-electron chi connectivity index (χ1n) is 28.9. The maximum absolute atomic E-state index is 2.46. The van der Waals surface area contributed by atoms with E-state index in [9.17, 15) is 0 Å². The van der Waals surface area contributed by atoms with Gasteiger partial charge in [-0.25, -0.2) is 0 Å². The zero-order chi connectivity index (χ0) is 55.3. The molecule has 2 aliphatic rings. The smallest absolute Gasteiger partial charge is 0.0561 e. The SMILES string of the molecule is C/C=C\C.C1=CC(c2c(-c3ccccc3)cc(-c3ccc4cc(/C=C/c5ccc6c7ccc(N(C8=CCCC=C8)c8ccccc8)cc7n(-c7ccccc7)c6c5)ccc4c3)c(-c3ccccc3)c2-c2ccccc2)=CCC1.CCC. The van der Waals surface area contributed by atoms with Crippen LogP contribution in [0.4, 0.5) is 11.4 Å². The largest absolute Gasteiger partial charge is 0.311 e. The van der Waals surface area contributed by atoms with Crippen molar-refractivity contribution in [2.45, 2.75) is 59.8 Å². The Morgan fingerprint density at radius 1 is 0.407 bits per heavy atom. The normalized spacial score (nSPS) is 13.0. The number of anilines is 2. The standard InChI is InChI=1S/C72H54N2.C4H8.C3H8/c1-8-22-53(23-9-1)66-50-67(71(55-26-12-3-13-27-55)72(56-28-14-4-15-29-56)70(66)54-24-10-2-11-25-54)59-42-41-57-46-51(38-40-58(57)48-59)36-37-52-39-44-64-65-45-43-63(49-69(65)74(68(64)47-52)62-34-20-7-21-35-62)73(60-30-16-5-17-31-60)61-32-18-6-19-33-61;1-3-4-2;1-3-2/h1,3-5,7-10,12-18,20-50H,2,6,11,19H2;3-4H,1-2H3;3H2,1-2H3/b37-36+;4-3-;. The van der Waals surface area contributed by atoms with E-state index >= 15 is 0 Å². The number of para-hydroxylation sites is 2. The lowest BCUT2D eigenvalue weighted by Gasteiger charge is -2.27. The van der Waals surface area contributed by atoms with Crippen LogP contribution in [0.2, 0.25) is 0 Å². The minimum Gasteiger partial charge on any atom is -0.311 e. The topological polar surface area (TPSA) is 8.17 Å². The highest BCUT2D eigenvalue weighted by Crippen LogP contribution is 2.50. The molecule has 2 aliphatic carbocycles. The maximum Gasteiger partial charge on any atom is 0.0561 e. The second-order valence-electron chi connectivity index (χ2n) is 20.8. The molecule has 2 nitrogen and oxygen atoms in total. The van der Waals surface area contributed by atoms with Crippen LogP contribution in [-0.4, -0.2) is 4.57 Å².